The first-order valence-corrected chi connectivity index (χ1v) is 8.18. The molecule has 0 aromatic heterocycles. The number of fused-ring (bicyclic) bond motifs is 1. The Morgan fingerprint density at radius 2 is 2.04 bits per heavy atom. The SMILES string of the molecule is COc1ccc(NC(=O)N2CC3CCCC(=O)NC3C2)cc1OC. The second kappa shape index (κ2) is 6.98. The summed E-state index contributed by atoms with van der Waals surface area (Å²) in [5.74, 6) is 1.60. The first-order valence-electron chi connectivity index (χ1n) is 8.18. The molecule has 0 bridgehead atoms. The lowest BCUT2D eigenvalue weighted by molar-refractivity contribution is -0.121. The number of nitrogens with one attached hydrogen (secondary N) is 2. The molecule has 3 amide bonds. The van der Waals surface area contributed by atoms with Gasteiger partial charge < -0.3 is 25.0 Å². The number of rotatable bonds is 3. The maximum Gasteiger partial charge on any atom is 0.321 e. The first-order chi connectivity index (χ1) is 11.6. The highest BCUT2D eigenvalue weighted by molar-refractivity contribution is 5.90. The number of hydrogen-bond acceptors (Lipinski definition) is 4. The molecule has 2 aliphatic heterocycles. The van der Waals surface area contributed by atoms with Crippen LogP contribution in [0.1, 0.15) is 19.3 Å². The summed E-state index contributed by atoms with van der Waals surface area (Å²) in [5, 5.41) is 5.91. The van der Waals surface area contributed by atoms with Crippen molar-refractivity contribution in [1.29, 1.82) is 0 Å². The quantitative estimate of drug-likeness (QED) is 0.884. The minimum absolute atomic E-state index is 0.0659. The highest BCUT2D eigenvalue weighted by Gasteiger charge is 2.37. The summed E-state index contributed by atoms with van der Waals surface area (Å²) in [6, 6.07) is 5.16. The molecule has 2 heterocycles. The van der Waals surface area contributed by atoms with Crippen molar-refractivity contribution >= 4 is 17.6 Å². The number of amides is 3. The van der Waals surface area contributed by atoms with E-state index >= 15 is 0 Å². The summed E-state index contributed by atoms with van der Waals surface area (Å²) in [6.07, 6.45) is 2.45. The van der Waals surface area contributed by atoms with Crippen LogP contribution in [0.25, 0.3) is 0 Å². The molecule has 2 fully saturated rings. The van der Waals surface area contributed by atoms with Crippen LogP contribution in [0.2, 0.25) is 0 Å². The largest absolute Gasteiger partial charge is 0.493 e. The van der Waals surface area contributed by atoms with Gasteiger partial charge in [0, 0.05) is 31.3 Å². The highest BCUT2D eigenvalue weighted by Crippen LogP contribution is 2.30. The molecule has 7 nitrogen and oxygen atoms in total. The van der Waals surface area contributed by atoms with E-state index in [4.69, 9.17) is 9.47 Å². The molecule has 3 rings (SSSR count). The Morgan fingerprint density at radius 3 is 2.79 bits per heavy atom. The maximum absolute atomic E-state index is 12.5. The Hall–Kier alpha value is -2.44. The van der Waals surface area contributed by atoms with Crippen molar-refractivity contribution < 1.29 is 19.1 Å². The molecule has 7 heteroatoms. The third kappa shape index (κ3) is 3.39. The van der Waals surface area contributed by atoms with Crippen LogP contribution in [0.15, 0.2) is 18.2 Å². The number of likely N-dealkylation sites (tertiary alicyclic amines) is 1. The van der Waals surface area contributed by atoms with Crippen LogP contribution in [0.3, 0.4) is 0 Å². The Bertz CT molecular complexity index is 634. The zero-order chi connectivity index (χ0) is 17.1. The van der Waals surface area contributed by atoms with Crippen molar-refractivity contribution in [2.45, 2.75) is 25.3 Å². The lowest BCUT2D eigenvalue weighted by atomic mass is 9.99. The normalized spacial score (nSPS) is 23.1. The second-order valence-electron chi connectivity index (χ2n) is 6.23. The van der Waals surface area contributed by atoms with Crippen LogP contribution in [-0.2, 0) is 4.79 Å². The lowest BCUT2D eigenvalue weighted by Gasteiger charge is -2.18. The zero-order valence-electron chi connectivity index (χ0n) is 14.0. The Kier molecular flexibility index (Phi) is 4.78. The molecule has 2 saturated heterocycles. The van der Waals surface area contributed by atoms with Gasteiger partial charge in [-0.25, -0.2) is 4.79 Å². The van der Waals surface area contributed by atoms with Gasteiger partial charge in [-0.05, 0) is 30.9 Å². The average Bonchev–Trinajstić information content (AvgIpc) is 2.89. The van der Waals surface area contributed by atoms with Crippen molar-refractivity contribution in [3.05, 3.63) is 18.2 Å². The summed E-state index contributed by atoms with van der Waals surface area (Å²) < 4.78 is 10.4. The van der Waals surface area contributed by atoms with E-state index in [0.717, 1.165) is 12.8 Å². The van der Waals surface area contributed by atoms with Crippen LogP contribution < -0.4 is 20.1 Å². The molecule has 1 aromatic rings. The topological polar surface area (TPSA) is 79.9 Å². The lowest BCUT2D eigenvalue weighted by Crippen LogP contribution is -2.40. The number of benzene rings is 1. The molecule has 2 atom stereocenters. The van der Waals surface area contributed by atoms with Crippen LogP contribution in [0.4, 0.5) is 10.5 Å². The molecule has 2 N–H and O–H groups in total. The van der Waals surface area contributed by atoms with Gasteiger partial charge in [-0.2, -0.15) is 0 Å². The van der Waals surface area contributed by atoms with E-state index < -0.39 is 0 Å². The molecule has 2 unspecified atom stereocenters. The van der Waals surface area contributed by atoms with Gasteiger partial charge in [-0.3, -0.25) is 4.79 Å². The average molecular weight is 333 g/mol. The monoisotopic (exact) mass is 333 g/mol. The Morgan fingerprint density at radius 1 is 1.25 bits per heavy atom. The second-order valence-corrected chi connectivity index (χ2v) is 6.23. The molecule has 2 aliphatic rings. The van der Waals surface area contributed by atoms with E-state index in [9.17, 15) is 9.59 Å². The van der Waals surface area contributed by atoms with Crippen molar-refractivity contribution in [1.82, 2.24) is 10.2 Å². The third-order valence-electron chi connectivity index (χ3n) is 4.69. The fourth-order valence-electron chi connectivity index (χ4n) is 3.41. The van der Waals surface area contributed by atoms with Gasteiger partial charge in [0.2, 0.25) is 5.91 Å². The van der Waals surface area contributed by atoms with Crippen molar-refractivity contribution in [2.24, 2.45) is 5.92 Å². The third-order valence-corrected chi connectivity index (χ3v) is 4.69. The fourth-order valence-corrected chi connectivity index (χ4v) is 3.41. The van der Waals surface area contributed by atoms with Gasteiger partial charge in [0.1, 0.15) is 0 Å². The fraction of sp³-hybridized carbons (Fsp3) is 0.529. The molecular formula is C17H23N3O4. The van der Waals surface area contributed by atoms with E-state index in [1.54, 1.807) is 37.3 Å². The molecule has 130 valence electrons. The predicted molar refractivity (Wildman–Crippen MR) is 89.4 cm³/mol. The molecule has 1 aromatic carbocycles. The zero-order valence-corrected chi connectivity index (χ0v) is 14.0. The standard InChI is InChI=1S/C17H23N3O4/c1-23-14-7-6-12(8-15(14)24-2)18-17(22)20-9-11-4-3-5-16(21)19-13(11)10-20/h6-8,11,13H,3-5,9-10H2,1-2H3,(H,18,22)(H,19,21). The van der Waals surface area contributed by atoms with Crippen LogP contribution in [0.5, 0.6) is 11.5 Å². The molecule has 0 aliphatic carbocycles. The van der Waals surface area contributed by atoms with Gasteiger partial charge in [0.15, 0.2) is 11.5 Å². The van der Waals surface area contributed by atoms with E-state index in [0.29, 0.717) is 42.6 Å². The Labute approximate surface area is 141 Å². The first kappa shape index (κ1) is 16.4. The summed E-state index contributed by atoms with van der Waals surface area (Å²) in [7, 11) is 3.12. The summed E-state index contributed by atoms with van der Waals surface area (Å²) in [4.78, 5) is 25.9. The molecule has 0 radical (unpaired) electrons. The van der Waals surface area contributed by atoms with Gasteiger partial charge in [0.25, 0.3) is 0 Å². The predicted octanol–water partition coefficient (Wildman–Crippen LogP) is 1.84. The molecular weight excluding hydrogens is 310 g/mol. The number of nitrogens with zero attached hydrogens (tertiary/aromatic N) is 1. The van der Waals surface area contributed by atoms with Crippen molar-refractivity contribution in [3.8, 4) is 11.5 Å². The number of methoxy groups -OCH3 is 2. The van der Waals surface area contributed by atoms with Crippen LogP contribution in [0, 0.1) is 5.92 Å². The smallest absolute Gasteiger partial charge is 0.321 e. The van der Waals surface area contributed by atoms with E-state index in [-0.39, 0.29) is 18.0 Å². The highest BCUT2D eigenvalue weighted by atomic mass is 16.5. The van der Waals surface area contributed by atoms with Crippen molar-refractivity contribution in [3.63, 3.8) is 0 Å². The van der Waals surface area contributed by atoms with Gasteiger partial charge >= 0.3 is 6.03 Å². The van der Waals surface area contributed by atoms with Gasteiger partial charge in [-0.1, -0.05) is 0 Å². The van der Waals surface area contributed by atoms with E-state index in [2.05, 4.69) is 10.6 Å². The van der Waals surface area contributed by atoms with Crippen LogP contribution >= 0.6 is 0 Å². The number of hydrogen-bond donors (Lipinski definition) is 2. The van der Waals surface area contributed by atoms with Crippen LogP contribution in [-0.4, -0.2) is 50.2 Å². The molecule has 0 spiro atoms. The molecule has 24 heavy (non-hydrogen) atoms. The van der Waals surface area contributed by atoms with Crippen molar-refractivity contribution in [2.75, 3.05) is 32.6 Å². The van der Waals surface area contributed by atoms with E-state index in [1.807, 2.05) is 0 Å². The maximum atomic E-state index is 12.5. The minimum atomic E-state index is -0.162. The number of urea groups is 1. The number of carbonyl (C=O) groups is 2. The molecule has 0 saturated carbocycles. The van der Waals surface area contributed by atoms with Gasteiger partial charge in [0.05, 0.1) is 20.3 Å². The number of carbonyl (C=O) groups excluding carboxylic acids is 2. The number of ether oxygens (including phenoxy) is 2. The van der Waals surface area contributed by atoms with Gasteiger partial charge in [-0.15, -0.1) is 0 Å². The minimum Gasteiger partial charge on any atom is -0.493 e. The summed E-state index contributed by atoms with van der Waals surface area (Å²) in [6.45, 7) is 1.22. The summed E-state index contributed by atoms with van der Waals surface area (Å²) in [5.41, 5.74) is 0.647. The number of anilines is 1. The summed E-state index contributed by atoms with van der Waals surface area (Å²) >= 11 is 0. The van der Waals surface area contributed by atoms with E-state index in [1.165, 1.54) is 0 Å². The Balaban J connectivity index is 1.64.